The van der Waals surface area contributed by atoms with Crippen LogP contribution < -0.4 is 20.0 Å². The fourth-order valence-electron chi connectivity index (χ4n) is 5.62. The molecule has 3 amide bonds. The quantitative estimate of drug-likeness (QED) is 0.230. The first-order valence-corrected chi connectivity index (χ1v) is 15.0. The number of hydroxylamine groups is 5. The molecule has 0 bridgehead atoms. The van der Waals surface area contributed by atoms with Crippen molar-refractivity contribution in [1.82, 2.24) is 9.55 Å². The predicted molar refractivity (Wildman–Crippen MR) is 170 cm³/mol. The van der Waals surface area contributed by atoms with Crippen LogP contribution in [-0.2, 0) is 17.8 Å². The molecule has 2 N–H and O–H groups in total. The number of rotatable bonds is 8. The van der Waals surface area contributed by atoms with E-state index in [1.807, 2.05) is 12.1 Å². The molecule has 43 heavy (non-hydrogen) atoms. The van der Waals surface area contributed by atoms with Gasteiger partial charge in [0, 0.05) is 36.2 Å². The maximum Gasteiger partial charge on any atom is 0.322 e. The highest BCUT2D eigenvalue weighted by Gasteiger charge is 2.31. The zero-order valence-corrected chi connectivity index (χ0v) is 25.5. The second kappa shape index (κ2) is 13.1. The van der Waals surface area contributed by atoms with E-state index in [4.69, 9.17) is 27.9 Å². The number of methoxy groups -OCH3 is 1. The molecule has 0 saturated carbocycles. The van der Waals surface area contributed by atoms with Crippen LogP contribution in [0.15, 0.2) is 60.7 Å². The fraction of sp³-hybridized carbons (Fsp3) is 0.355. The van der Waals surface area contributed by atoms with Gasteiger partial charge in [0.15, 0.2) is 0 Å². The molecule has 12 heteroatoms. The number of ether oxygens (including phenoxy) is 1. The number of piperazine rings is 1. The zero-order valence-electron chi connectivity index (χ0n) is 24.0. The summed E-state index contributed by atoms with van der Waals surface area (Å²) in [5, 5.41) is 32.6. The van der Waals surface area contributed by atoms with E-state index in [1.165, 1.54) is 0 Å². The molecule has 0 spiro atoms. The Balaban J connectivity index is 1.13. The SMILES string of the molecule is COc1ccc(CC(=O)Nc2ccc([N+]3([O-])CCN(C(=O)Nc4c(Cl)cc(C[N+]5([O-])CCCC5)cc4Cl)CC3)cc2)cc1. The largest absolute Gasteiger partial charge is 0.633 e. The van der Waals surface area contributed by atoms with Crippen molar-refractivity contribution in [3.8, 4) is 5.75 Å². The number of quaternary nitrogens is 2. The van der Waals surface area contributed by atoms with Crippen molar-refractivity contribution in [3.63, 3.8) is 0 Å². The number of likely N-dealkylation sites (tertiary alicyclic amines) is 1. The first-order chi connectivity index (χ1) is 20.6. The Hall–Kier alpha value is -3.38. The molecular formula is C31H35Cl2N5O5. The molecule has 10 nitrogen and oxygen atoms in total. The van der Waals surface area contributed by atoms with E-state index in [0.717, 1.165) is 29.7 Å². The monoisotopic (exact) mass is 627 g/mol. The third-order valence-electron chi connectivity index (χ3n) is 8.08. The first-order valence-electron chi connectivity index (χ1n) is 14.3. The summed E-state index contributed by atoms with van der Waals surface area (Å²) in [4.78, 5) is 27.1. The van der Waals surface area contributed by atoms with Crippen LogP contribution in [0, 0.1) is 10.4 Å². The molecule has 228 valence electrons. The van der Waals surface area contributed by atoms with Crippen molar-refractivity contribution in [1.29, 1.82) is 0 Å². The average molecular weight is 629 g/mol. The third-order valence-corrected chi connectivity index (χ3v) is 8.68. The highest BCUT2D eigenvalue weighted by molar-refractivity contribution is 6.39. The number of hydrogen-bond donors (Lipinski definition) is 2. The second-order valence-electron chi connectivity index (χ2n) is 11.2. The molecule has 2 fully saturated rings. The minimum atomic E-state index is -0.588. The van der Waals surface area contributed by atoms with E-state index < -0.39 is 10.7 Å². The van der Waals surface area contributed by atoms with Gasteiger partial charge in [0.1, 0.15) is 31.1 Å². The minimum Gasteiger partial charge on any atom is -0.633 e. The Morgan fingerprint density at radius 3 is 2.05 bits per heavy atom. The summed E-state index contributed by atoms with van der Waals surface area (Å²) in [6.07, 6.45) is 2.04. The first kappa shape index (κ1) is 31.1. The maximum absolute atomic E-state index is 13.6. The van der Waals surface area contributed by atoms with E-state index in [-0.39, 0.29) is 58.9 Å². The van der Waals surface area contributed by atoms with Gasteiger partial charge in [-0.05, 0) is 42.0 Å². The molecule has 0 aliphatic carbocycles. The summed E-state index contributed by atoms with van der Waals surface area (Å²) >= 11 is 12.9. The molecule has 3 aromatic rings. The molecule has 3 aromatic carbocycles. The van der Waals surface area contributed by atoms with Gasteiger partial charge in [-0.25, -0.2) is 4.79 Å². The lowest BCUT2D eigenvalue weighted by molar-refractivity contribution is -0.881. The van der Waals surface area contributed by atoms with Crippen LogP contribution in [0.3, 0.4) is 0 Å². The Bertz CT molecular complexity index is 1430. The van der Waals surface area contributed by atoms with Crippen LogP contribution >= 0.6 is 23.2 Å². The van der Waals surface area contributed by atoms with Gasteiger partial charge < -0.3 is 40.0 Å². The summed E-state index contributed by atoms with van der Waals surface area (Å²) in [6.45, 7) is 2.25. The van der Waals surface area contributed by atoms with Gasteiger partial charge in [-0.3, -0.25) is 4.79 Å². The topological polar surface area (TPSA) is 117 Å². The van der Waals surface area contributed by atoms with Crippen LogP contribution in [-0.4, -0.2) is 67.9 Å². The van der Waals surface area contributed by atoms with E-state index >= 15 is 0 Å². The maximum atomic E-state index is 13.6. The van der Waals surface area contributed by atoms with Crippen molar-refractivity contribution in [2.45, 2.75) is 25.8 Å². The van der Waals surface area contributed by atoms with Crippen LogP contribution in [0.2, 0.25) is 10.0 Å². The Morgan fingerprint density at radius 2 is 1.47 bits per heavy atom. The molecule has 2 aliphatic rings. The fourth-order valence-corrected chi connectivity index (χ4v) is 6.25. The van der Waals surface area contributed by atoms with Gasteiger partial charge in [0.25, 0.3) is 0 Å². The summed E-state index contributed by atoms with van der Waals surface area (Å²) in [5.74, 6) is 0.560. The summed E-state index contributed by atoms with van der Waals surface area (Å²) in [7, 11) is 1.59. The lowest BCUT2D eigenvalue weighted by atomic mass is 10.1. The van der Waals surface area contributed by atoms with Crippen molar-refractivity contribution >= 4 is 52.2 Å². The number of anilines is 2. The predicted octanol–water partition coefficient (Wildman–Crippen LogP) is 6.14. The van der Waals surface area contributed by atoms with Gasteiger partial charge in [-0.15, -0.1) is 0 Å². The van der Waals surface area contributed by atoms with Crippen molar-refractivity contribution < 1.29 is 19.0 Å². The summed E-state index contributed by atoms with van der Waals surface area (Å²) in [6, 6.07) is 17.1. The van der Waals surface area contributed by atoms with Gasteiger partial charge in [0.05, 0.1) is 55.4 Å². The lowest BCUT2D eigenvalue weighted by Crippen LogP contribution is -2.58. The number of hydrogen-bond acceptors (Lipinski definition) is 5. The van der Waals surface area contributed by atoms with Crippen LogP contribution in [0.25, 0.3) is 0 Å². The van der Waals surface area contributed by atoms with E-state index in [2.05, 4.69) is 10.6 Å². The molecule has 0 atom stereocenters. The highest BCUT2D eigenvalue weighted by atomic mass is 35.5. The minimum absolute atomic E-state index is 0.166. The lowest BCUT2D eigenvalue weighted by Gasteiger charge is -2.47. The molecule has 2 saturated heterocycles. The molecule has 0 radical (unpaired) electrons. The van der Waals surface area contributed by atoms with E-state index in [9.17, 15) is 20.0 Å². The van der Waals surface area contributed by atoms with Crippen LogP contribution in [0.1, 0.15) is 24.0 Å². The van der Waals surface area contributed by atoms with Crippen LogP contribution in [0.4, 0.5) is 21.9 Å². The van der Waals surface area contributed by atoms with E-state index in [1.54, 1.807) is 60.5 Å². The normalized spacial score (nSPS) is 17.4. The molecule has 2 heterocycles. The van der Waals surface area contributed by atoms with Crippen molar-refractivity contribution in [3.05, 3.63) is 92.3 Å². The molecule has 0 aromatic heterocycles. The van der Waals surface area contributed by atoms with E-state index in [0.29, 0.717) is 31.0 Å². The standard InChI is InChI=1S/C31H35Cl2N5O5/c1-43-26-10-4-22(5-11-26)20-29(39)34-24-6-8-25(9-7-24)38(42)16-12-36(13-17-38)31(40)35-30-27(32)18-23(19-28(30)33)21-37(41)14-2-3-15-37/h4-11,18-19H,2-3,12-17,20-21H2,1H3,(H,34,39)(H,35,40). The Labute approximate surface area is 261 Å². The Kier molecular flexibility index (Phi) is 9.45. The number of urea groups is 1. The number of carbonyl (C=O) groups is 2. The van der Waals surface area contributed by atoms with Crippen molar-refractivity contribution in [2.75, 3.05) is 57.0 Å². The van der Waals surface area contributed by atoms with Gasteiger partial charge in [-0.2, -0.15) is 0 Å². The van der Waals surface area contributed by atoms with Gasteiger partial charge >= 0.3 is 6.03 Å². The zero-order chi connectivity index (χ0) is 30.6. The second-order valence-corrected chi connectivity index (χ2v) is 12.0. The van der Waals surface area contributed by atoms with Gasteiger partial charge in [-0.1, -0.05) is 35.3 Å². The Morgan fingerprint density at radius 1 is 0.860 bits per heavy atom. The molecule has 5 rings (SSSR count). The summed E-state index contributed by atoms with van der Waals surface area (Å²) in [5.41, 5.74) is 3.03. The number of carbonyl (C=O) groups excluding carboxylic acids is 2. The number of nitrogens with zero attached hydrogens (tertiary/aromatic N) is 3. The number of halogens is 2. The summed E-state index contributed by atoms with van der Waals surface area (Å²) < 4.78 is 4.27. The molecular weight excluding hydrogens is 593 g/mol. The number of benzene rings is 3. The molecule has 0 unspecified atom stereocenters. The van der Waals surface area contributed by atoms with Crippen molar-refractivity contribution in [2.24, 2.45) is 0 Å². The molecule has 2 aliphatic heterocycles. The number of amides is 3. The smallest absolute Gasteiger partial charge is 0.322 e. The van der Waals surface area contributed by atoms with Crippen LogP contribution in [0.5, 0.6) is 5.75 Å². The average Bonchev–Trinajstić information content (AvgIpc) is 3.41. The third kappa shape index (κ3) is 7.59. The highest BCUT2D eigenvalue weighted by Crippen LogP contribution is 2.34. The number of nitrogens with one attached hydrogen (secondary N) is 2. The van der Waals surface area contributed by atoms with Gasteiger partial charge in [0.2, 0.25) is 5.91 Å².